The van der Waals surface area contributed by atoms with Crippen molar-refractivity contribution in [3.05, 3.63) is 51.4 Å². The van der Waals surface area contributed by atoms with Gasteiger partial charge in [-0.1, -0.05) is 25.4 Å². The van der Waals surface area contributed by atoms with Gasteiger partial charge >= 0.3 is 0 Å². The fraction of sp³-hybridized carbons (Fsp3) is 0.556. The summed E-state index contributed by atoms with van der Waals surface area (Å²) in [5, 5.41) is 22.8. The molecule has 0 unspecified atom stereocenters. The van der Waals surface area contributed by atoms with Gasteiger partial charge in [-0.25, -0.2) is 9.67 Å². The molecule has 3 aliphatic rings. The van der Waals surface area contributed by atoms with Gasteiger partial charge in [-0.05, 0) is 83.0 Å². The molecule has 2 aliphatic heterocycles. The van der Waals surface area contributed by atoms with Crippen molar-refractivity contribution in [2.24, 2.45) is 5.92 Å². The molecule has 3 N–H and O–H groups in total. The summed E-state index contributed by atoms with van der Waals surface area (Å²) >= 11 is 1.50. The number of likely N-dealkylation sites (tertiary alicyclic amines) is 1. The number of aromatic nitrogens is 5. The molecule has 5 atom stereocenters. The van der Waals surface area contributed by atoms with Crippen LogP contribution in [-0.4, -0.2) is 80.7 Å². The molecule has 2 fully saturated rings. The molecule has 6 heterocycles. The smallest absolute Gasteiger partial charge is 0.272 e. The molecular weight excluding hydrogens is 655 g/mol. The molecule has 4 aromatic heterocycles. The number of fused-ring (bicyclic) bond motifs is 1. The summed E-state index contributed by atoms with van der Waals surface area (Å²) in [4.78, 5) is 26.4. The molecule has 264 valence electrons. The van der Waals surface area contributed by atoms with Crippen molar-refractivity contribution in [2.75, 3.05) is 32.5 Å². The topological polar surface area (TPSA) is 170 Å². The van der Waals surface area contributed by atoms with Crippen LogP contribution in [0.25, 0.3) is 17.3 Å². The lowest BCUT2D eigenvalue weighted by molar-refractivity contribution is 0.0924. The third-order valence-electron chi connectivity index (χ3n) is 10.4. The van der Waals surface area contributed by atoms with E-state index in [1.807, 2.05) is 0 Å². The highest BCUT2D eigenvalue weighted by Crippen LogP contribution is 2.47. The predicted molar refractivity (Wildman–Crippen MR) is 188 cm³/mol. The van der Waals surface area contributed by atoms with Crippen molar-refractivity contribution < 1.29 is 18.8 Å². The van der Waals surface area contributed by atoms with Crippen LogP contribution in [0.15, 0.2) is 22.9 Å². The van der Waals surface area contributed by atoms with Crippen molar-refractivity contribution in [2.45, 2.75) is 96.2 Å². The number of nitrogens with two attached hydrogens (primary N) is 1. The Morgan fingerprint density at radius 1 is 1.30 bits per heavy atom. The zero-order valence-corrected chi connectivity index (χ0v) is 30.0. The largest absolute Gasteiger partial charge is 0.473 e. The second-order valence-corrected chi connectivity index (χ2v) is 15.0. The molecule has 1 amide bonds. The summed E-state index contributed by atoms with van der Waals surface area (Å²) in [6, 6.07) is 5.97. The van der Waals surface area contributed by atoms with Crippen LogP contribution < -0.4 is 15.8 Å². The first kappa shape index (κ1) is 34.1. The van der Waals surface area contributed by atoms with Gasteiger partial charge in [-0.2, -0.15) is 15.3 Å². The Bertz CT molecular complexity index is 1880. The summed E-state index contributed by atoms with van der Waals surface area (Å²) in [6.45, 7) is 8.62. The van der Waals surface area contributed by atoms with E-state index < -0.39 is 0 Å². The van der Waals surface area contributed by atoms with E-state index >= 15 is 0 Å². The second-order valence-electron chi connectivity index (χ2n) is 13.8. The molecule has 0 radical (unpaired) electrons. The summed E-state index contributed by atoms with van der Waals surface area (Å²) in [5.41, 5.74) is 9.57. The van der Waals surface area contributed by atoms with Crippen LogP contribution in [0.4, 0.5) is 5.00 Å². The minimum atomic E-state index is -0.266. The molecule has 2 saturated heterocycles. The average molecular weight is 700 g/mol. The molecule has 0 spiro atoms. The number of ether oxygens (including phenoxy) is 2. The molecule has 4 aromatic rings. The molecule has 0 saturated carbocycles. The van der Waals surface area contributed by atoms with Gasteiger partial charge in [0.1, 0.15) is 22.9 Å². The van der Waals surface area contributed by atoms with Crippen LogP contribution >= 0.6 is 11.3 Å². The summed E-state index contributed by atoms with van der Waals surface area (Å²) in [7, 11) is 2.13. The summed E-state index contributed by atoms with van der Waals surface area (Å²) in [6.07, 6.45) is 8.72. The molecule has 0 bridgehead atoms. The maximum atomic E-state index is 13.0. The Hall–Kier alpha value is -4.32. The van der Waals surface area contributed by atoms with Crippen molar-refractivity contribution in [3.8, 4) is 29.3 Å². The molecule has 13 nitrogen and oxygen atoms in total. The number of anilines is 1. The van der Waals surface area contributed by atoms with Gasteiger partial charge in [0.15, 0.2) is 23.0 Å². The van der Waals surface area contributed by atoms with Crippen LogP contribution in [0.3, 0.4) is 0 Å². The lowest BCUT2D eigenvalue weighted by Crippen LogP contribution is -2.41. The van der Waals surface area contributed by atoms with E-state index in [1.54, 1.807) is 23.0 Å². The van der Waals surface area contributed by atoms with E-state index in [-0.39, 0.29) is 35.7 Å². The number of amides is 1. The zero-order chi connectivity index (χ0) is 34.9. The third kappa shape index (κ3) is 6.61. The quantitative estimate of drug-likeness (QED) is 0.209. The number of nitrogen functional groups attached to an aromatic ring is 1. The van der Waals surface area contributed by atoms with Crippen molar-refractivity contribution >= 4 is 22.2 Å². The monoisotopic (exact) mass is 699 g/mol. The number of rotatable bonds is 11. The maximum Gasteiger partial charge on any atom is 0.272 e. The first-order valence-corrected chi connectivity index (χ1v) is 18.6. The van der Waals surface area contributed by atoms with Crippen LogP contribution in [-0.2, 0) is 17.6 Å². The molecule has 1 aliphatic carbocycles. The standard InChI is InChI=1S/C36H45N9O4S/c1-5-6-8-24-31(43-49-33(24)23-9-7-10-27-30(23)25(18-37)34(38)50-27)35-40-28(17-29(41-35)48-21(3)32-20(2)11-14-44(32)4)45-15-12-26(42-45)36(46)39-22-13-16-47-19-22/h12,15,17,20-23,32H,5-11,13-14,16,19,38H2,1-4H3,(H,39,46)/t20-,21-,22-,23-,32-/m0/s1. The van der Waals surface area contributed by atoms with E-state index in [2.05, 4.69) is 54.4 Å². The zero-order valence-electron chi connectivity index (χ0n) is 29.1. The van der Waals surface area contributed by atoms with Crippen molar-refractivity contribution in [1.29, 1.82) is 5.26 Å². The van der Waals surface area contributed by atoms with Gasteiger partial charge < -0.3 is 25.0 Å². The highest BCUT2D eigenvalue weighted by Gasteiger charge is 2.36. The van der Waals surface area contributed by atoms with Crippen LogP contribution in [0.2, 0.25) is 0 Å². The first-order valence-electron chi connectivity index (χ1n) is 17.8. The number of unbranched alkanes of at least 4 members (excludes halogenated alkanes) is 1. The van der Waals surface area contributed by atoms with Gasteiger partial charge in [0, 0.05) is 41.3 Å². The number of carbonyl (C=O) groups excluding carboxylic acids is 1. The Labute approximate surface area is 296 Å². The van der Waals surface area contributed by atoms with Gasteiger partial charge in [-0.15, -0.1) is 11.3 Å². The van der Waals surface area contributed by atoms with Crippen molar-refractivity contribution in [1.82, 2.24) is 35.1 Å². The Balaban J connectivity index is 1.29. The van der Waals surface area contributed by atoms with E-state index in [4.69, 9.17) is 29.7 Å². The number of aryl methyl sites for hydroxylation is 1. The first-order chi connectivity index (χ1) is 24.2. The number of hydrogen-bond donors (Lipinski definition) is 2. The van der Waals surface area contributed by atoms with Crippen LogP contribution in [0.1, 0.15) is 103 Å². The number of nitrogens with zero attached hydrogens (tertiary/aromatic N) is 7. The fourth-order valence-corrected chi connectivity index (χ4v) is 8.96. The lowest BCUT2D eigenvalue weighted by atomic mass is 9.81. The van der Waals surface area contributed by atoms with Gasteiger partial charge in [-0.3, -0.25) is 9.69 Å². The highest BCUT2D eigenvalue weighted by molar-refractivity contribution is 7.16. The Morgan fingerprint density at radius 2 is 2.16 bits per heavy atom. The summed E-state index contributed by atoms with van der Waals surface area (Å²) in [5.74, 6) is 1.99. The predicted octanol–water partition coefficient (Wildman–Crippen LogP) is 5.27. The number of nitrogens with one attached hydrogen (secondary N) is 1. The van der Waals surface area contributed by atoms with Gasteiger partial charge in [0.25, 0.3) is 5.91 Å². The van der Waals surface area contributed by atoms with E-state index in [9.17, 15) is 10.1 Å². The van der Waals surface area contributed by atoms with E-state index in [0.29, 0.717) is 59.3 Å². The highest BCUT2D eigenvalue weighted by atomic mass is 32.1. The SMILES string of the molecule is CCCCc1c(-c2nc(O[C@@H](C)[C@@H]3[C@@H](C)CCN3C)cc(-n3ccc(C(=O)N[C@H]4CCOC4)n3)n2)noc1[C@H]1CCCc2sc(N)c(C#N)c21. The number of nitriles is 1. The molecular formula is C36H45N9O4S. The Kier molecular flexibility index (Phi) is 9.90. The number of thiophene rings is 1. The van der Waals surface area contributed by atoms with Gasteiger partial charge in [0.2, 0.25) is 5.88 Å². The molecule has 50 heavy (non-hydrogen) atoms. The van der Waals surface area contributed by atoms with Crippen LogP contribution in [0.5, 0.6) is 5.88 Å². The van der Waals surface area contributed by atoms with Gasteiger partial charge in [0.05, 0.1) is 18.2 Å². The number of carbonyl (C=O) groups is 1. The molecule has 0 aromatic carbocycles. The Morgan fingerprint density at radius 3 is 2.90 bits per heavy atom. The van der Waals surface area contributed by atoms with E-state index in [0.717, 1.165) is 73.3 Å². The van der Waals surface area contributed by atoms with Crippen LogP contribution in [0, 0.1) is 17.2 Å². The average Bonchev–Trinajstić information content (AvgIpc) is 3.94. The van der Waals surface area contributed by atoms with Crippen molar-refractivity contribution in [3.63, 3.8) is 0 Å². The third-order valence-corrected chi connectivity index (χ3v) is 11.5. The molecule has 7 rings (SSSR count). The number of likely N-dealkylation sites (N-methyl/N-ethyl adjacent to an activating group) is 1. The number of hydrogen-bond acceptors (Lipinski definition) is 12. The normalized spacial score (nSPS) is 22.7. The molecule has 14 heteroatoms. The van der Waals surface area contributed by atoms with E-state index in [1.165, 1.54) is 11.3 Å². The lowest BCUT2D eigenvalue weighted by Gasteiger charge is -2.29. The maximum absolute atomic E-state index is 13.0. The second kappa shape index (κ2) is 14.5. The summed E-state index contributed by atoms with van der Waals surface area (Å²) < 4.78 is 19.8. The minimum absolute atomic E-state index is 0.0335. The fourth-order valence-electron chi connectivity index (χ4n) is 7.84. The minimum Gasteiger partial charge on any atom is -0.473 e.